The third-order valence-electron chi connectivity index (χ3n) is 1.20. The number of hydrogen-bond acceptors (Lipinski definition) is 3. The second-order valence-electron chi connectivity index (χ2n) is 1.91. The fourth-order valence-electron chi connectivity index (χ4n) is 0.630. The third kappa shape index (κ3) is 1.29. The summed E-state index contributed by atoms with van der Waals surface area (Å²) in [7, 11) is 0. The largest absolute Gasteiger partial charge is 0.395 e. The number of rotatable bonds is 0. The maximum Gasteiger partial charge on any atom is 0.184 e. The van der Waals surface area contributed by atoms with Crippen molar-refractivity contribution in [3.63, 3.8) is 0 Å². The van der Waals surface area contributed by atoms with Crippen molar-refractivity contribution in [3.05, 3.63) is 21.7 Å². The summed E-state index contributed by atoms with van der Waals surface area (Å²) in [5.74, 6) is -0.919. The molecule has 6 heteroatoms. The van der Waals surface area contributed by atoms with Crippen molar-refractivity contribution in [3.8, 4) is 6.07 Å². The quantitative estimate of drug-likeness (QED) is 0.660. The van der Waals surface area contributed by atoms with E-state index in [9.17, 15) is 4.39 Å². The number of anilines is 1. The van der Waals surface area contributed by atoms with E-state index in [1.54, 1.807) is 6.07 Å². The van der Waals surface area contributed by atoms with Gasteiger partial charge in [-0.15, -0.1) is 0 Å². The van der Waals surface area contributed by atoms with Gasteiger partial charge in [-0.05, 0) is 0 Å². The highest BCUT2D eigenvalue weighted by Crippen LogP contribution is 2.26. The lowest BCUT2D eigenvalue weighted by atomic mass is 10.2. The van der Waals surface area contributed by atoms with E-state index < -0.39 is 11.0 Å². The molecule has 1 aromatic heterocycles. The smallest absolute Gasteiger partial charge is 0.184 e. The molecule has 0 aliphatic heterocycles. The Morgan fingerprint density at radius 3 is 2.50 bits per heavy atom. The molecule has 62 valence electrons. The van der Waals surface area contributed by atoms with Gasteiger partial charge in [0, 0.05) is 0 Å². The topological polar surface area (TPSA) is 62.7 Å². The third-order valence-corrected chi connectivity index (χ3v) is 1.73. The summed E-state index contributed by atoms with van der Waals surface area (Å²) in [5.41, 5.74) is 4.62. The number of nitriles is 1. The Morgan fingerprint density at radius 2 is 2.00 bits per heavy atom. The molecule has 1 rings (SSSR count). The minimum absolute atomic E-state index is 0.193. The molecule has 2 N–H and O–H groups in total. The van der Waals surface area contributed by atoms with Crippen molar-refractivity contribution in [2.75, 3.05) is 5.73 Å². The molecule has 0 aliphatic carbocycles. The SMILES string of the molecule is N#Cc1c(Cl)nc(Cl)c(F)c1N. The van der Waals surface area contributed by atoms with Gasteiger partial charge in [0.2, 0.25) is 0 Å². The van der Waals surface area contributed by atoms with Crippen molar-refractivity contribution in [2.45, 2.75) is 0 Å². The summed E-state index contributed by atoms with van der Waals surface area (Å²) >= 11 is 10.7. The van der Waals surface area contributed by atoms with Crippen LogP contribution in [0, 0.1) is 17.1 Å². The Balaban J connectivity index is 3.54. The van der Waals surface area contributed by atoms with Gasteiger partial charge in [-0.25, -0.2) is 9.37 Å². The molecule has 1 heterocycles. The first-order chi connectivity index (χ1) is 5.57. The summed E-state index contributed by atoms with van der Waals surface area (Å²) in [6.45, 7) is 0. The second-order valence-corrected chi connectivity index (χ2v) is 2.62. The van der Waals surface area contributed by atoms with Gasteiger partial charge >= 0.3 is 0 Å². The minimum atomic E-state index is -0.919. The molecular formula is C6H2Cl2FN3. The maximum absolute atomic E-state index is 12.8. The molecule has 0 aliphatic rings. The fraction of sp³-hybridized carbons (Fsp3) is 0. The first-order valence-electron chi connectivity index (χ1n) is 2.78. The summed E-state index contributed by atoms with van der Waals surface area (Å²) in [6.07, 6.45) is 0. The number of nitrogens with two attached hydrogens (primary N) is 1. The molecule has 0 saturated heterocycles. The van der Waals surface area contributed by atoms with Crippen LogP contribution in [0.1, 0.15) is 5.56 Å². The molecule has 1 aromatic rings. The zero-order valence-corrected chi connectivity index (χ0v) is 7.12. The molecule has 0 atom stereocenters. The zero-order chi connectivity index (χ0) is 9.30. The van der Waals surface area contributed by atoms with Crippen molar-refractivity contribution < 1.29 is 4.39 Å². The summed E-state index contributed by atoms with van der Waals surface area (Å²) < 4.78 is 12.8. The van der Waals surface area contributed by atoms with Crippen LogP contribution < -0.4 is 5.73 Å². The summed E-state index contributed by atoms with van der Waals surface area (Å²) in [6, 6.07) is 1.61. The van der Waals surface area contributed by atoms with Gasteiger partial charge in [0.1, 0.15) is 11.6 Å². The number of nitrogens with zero attached hydrogens (tertiary/aromatic N) is 2. The van der Waals surface area contributed by atoms with Gasteiger partial charge in [-0.2, -0.15) is 5.26 Å². The van der Waals surface area contributed by atoms with E-state index in [0.29, 0.717) is 0 Å². The molecule has 0 bridgehead atoms. The Labute approximate surface area is 77.5 Å². The molecule has 0 unspecified atom stereocenters. The molecule has 0 saturated carbocycles. The lowest BCUT2D eigenvalue weighted by Crippen LogP contribution is -1.99. The second kappa shape index (κ2) is 3.13. The first-order valence-corrected chi connectivity index (χ1v) is 3.53. The van der Waals surface area contributed by atoms with E-state index >= 15 is 0 Å². The normalized spacial score (nSPS) is 9.50. The number of halogens is 3. The highest BCUT2D eigenvalue weighted by molar-refractivity contribution is 6.33. The van der Waals surface area contributed by atoms with Crippen LogP contribution in [0.3, 0.4) is 0 Å². The van der Waals surface area contributed by atoms with Gasteiger partial charge in [0.15, 0.2) is 16.1 Å². The standard InChI is InChI=1S/C6H2Cl2FN3/c7-5-2(1-10)4(11)3(9)6(8)12-5/h(H2,11,12). The van der Waals surface area contributed by atoms with Gasteiger partial charge in [0.05, 0.1) is 5.69 Å². The molecule has 0 amide bonds. The number of nitrogen functional groups attached to an aromatic ring is 1. The van der Waals surface area contributed by atoms with Crippen molar-refractivity contribution in [2.24, 2.45) is 0 Å². The predicted molar refractivity (Wildman–Crippen MR) is 43.3 cm³/mol. The number of pyridine rings is 1. The molecule has 0 fully saturated rings. The lowest BCUT2D eigenvalue weighted by Gasteiger charge is -2.01. The van der Waals surface area contributed by atoms with Crippen LogP contribution >= 0.6 is 23.2 Å². The maximum atomic E-state index is 12.8. The van der Waals surface area contributed by atoms with Crippen LogP contribution in [0.25, 0.3) is 0 Å². The van der Waals surface area contributed by atoms with Crippen LogP contribution in [0.4, 0.5) is 10.1 Å². The Morgan fingerprint density at radius 1 is 1.42 bits per heavy atom. The zero-order valence-electron chi connectivity index (χ0n) is 5.61. The highest BCUT2D eigenvalue weighted by Gasteiger charge is 2.14. The van der Waals surface area contributed by atoms with E-state index in [1.165, 1.54) is 0 Å². The molecule has 12 heavy (non-hydrogen) atoms. The average molecular weight is 206 g/mol. The van der Waals surface area contributed by atoms with Gasteiger partial charge in [0.25, 0.3) is 0 Å². The summed E-state index contributed by atoms with van der Waals surface area (Å²) in [4.78, 5) is 3.36. The number of aromatic nitrogens is 1. The van der Waals surface area contributed by atoms with Crippen LogP contribution in [-0.2, 0) is 0 Å². The minimum Gasteiger partial charge on any atom is -0.395 e. The predicted octanol–water partition coefficient (Wildman–Crippen LogP) is 1.98. The fourth-order valence-corrected chi connectivity index (χ4v) is 1.09. The monoisotopic (exact) mass is 205 g/mol. The van der Waals surface area contributed by atoms with Crippen molar-refractivity contribution in [1.82, 2.24) is 4.98 Å². The van der Waals surface area contributed by atoms with Gasteiger partial charge in [-0.3, -0.25) is 0 Å². The number of hydrogen-bond donors (Lipinski definition) is 1. The first kappa shape index (κ1) is 9.04. The van der Waals surface area contributed by atoms with Gasteiger partial charge in [-0.1, -0.05) is 23.2 Å². The Hall–Kier alpha value is -1.05. The van der Waals surface area contributed by atoms with Crippen LogP contribution in [0.5, 0.6) is 0 Å². The molecule has 0 radical (unpaired) electrons. The van der Waals surface area contributed by atoms with E-state index in [0.717, 1.165) is 0 Å². The Bertz CT molecular complexity index is 372. The van der Waals surface area contributed by atoms with E-state index in [1.807, 2.05) is 0 Å². The van der Waals surface area contributed by atoms with Crippen LogP contribution in [-0.4, -0.2) is 4.98 Å². The Kier molecular flexibility index (Phi) is 2.36. The van der Waals surface area contributed by atoms with Crippen molar-refractivity contribution in [1.29, 1.82) is 5.26 Å². The van der Waals surface area contributed by atoms with E-state index in [-0.39, 0.29) is 16.4 Å². The average Bonchev–Trinajstić information content (AvgIpc) is 2.01. The van der Waals surface area contributed by atoms with E-state index in [2.05, 4.69) is 4.98 Å². The summed E-state index contributed by atoms with van der Waals surface area (Å²) in [5, 5.41) is 7.82. The van der Waals surface area contributed by atoms with Crippen molar-refractivity contribution >= 4 is 28.9 Å². The molecular weight excluding hydrogens is 204 g/mol. The lowest BCUT2D eigenvalue weighted by molar-refractivity contribution is 0.626. The van der Waals surface area contributed by atoms with E-state index in [4.69, 9.17) is 34.2 Å². The van der Waals surface area contributed by atoms with Gasteiger partial charge < -0.3 is 5.73 Å². The van der Waals surface area contributed by atoms with Crippen LogP contribution in [0.15, 0.2) is 0 Å². The highest BCUT2D eigenvalue weighted by atomic mass is 35.5. The molecule has 3 nitrogen and oxygen atoms in total. The van der Waals surface area contributed by atoms with Crippen LogP contribution in [0.2, 0.25) is 10.3 Å². The molecule has 0 aromatic carbocycles. The molecule has 0 spiro atoms.